The van der Waals surface area contributed by atoms with Crippen LogP contribution >= 0.6 is 0 Å². The number of carbonyl (C=O) groups excluding carboxylic acids is 2. The molecule has 2 amide bonds. The first-order valence-corrected chi connectivity index (χ1v) is 6.46. The Hall–Kier alpha value is -1.98. The van der Waals surface area contributed by atoms with Crippen molar-refractivity contribution in [2.75, 3.05) is 24.5 Å². The fraction of sp³-hybridized carbons (Fsp3) is 0.429. The van der Waals surface area contributed by atoms with Gasteiger partial charge in [0.1, 0.15) is 0 Å². The van der Waals surface area contributed by atoms with Gasteiger partial charge in [0.05, 0.1) is 0 Å². The maximum Gasteiger partial charge on any atom is 0.316 e. The van der Waals surface area contributed by atoms with Gasteiger partial charge < -0.3 is 9.80 Å². The topological polar surface area (TPSA) is 40.6 Å². The molecular weight excluding hydrogens is 266 g/mol. The van der Waals surface area contributed by atoms with Crippen molar-refractivity contribution in [2.24, 2.45) is 5.92 Å². The Morgan fingerprint density at radius 2 is 1.80 bits per heavy atom. The summed E-state index contributed by atoms with van der Waals surface area (Å²) in [6, 6.07) is 3.17. The summed E-state index contributed by atoms with van der Waals surface area (Å²) in [6.45, 7) is 5.10. The molecule has 1 aliphatic heterocycles. The predicted octanol–water partition coefficient (Wildman–Crippen LogP) is 1.80. The summed E-state index contributed by atoms with van der Waals surface area (Å²) in [5.74, 6) is -3.06. The molecule has 108 valence electrons. The van der Waals surface area contributed by atoms with Crippen LogP contribution in [0.1, 0.15) is 13.8 Å². The summed E-state index contributed by atoms with van der Waals surface area (Å²) in [5, 5.41) is 0. The van der Waals surface area contributed by atoms with Crippen LogP contribution in [0.4, 0.5) is 14.5 Å². The molecular formula is C14H16F2N2O2. The second-order valence-corrected chi connectivity index (χ2v) is 5.20. The summed E-state index contributed by atoms with van der Waals surface area (Å²) >= 11 is 0. The van der Waals surface area contributed by atoms with E-state index in [1.165, 1.54) is 15.9 Å². The minimum absolute atomic E-state index is 0.200. The van der Waals surface area contributed by atoms with E-state index in [4.69, 9.17) is 0 Å². The van der Waals surface area contributed by atoms with E-state index in [9.17, 15) is 18.4 Å². The van der Waals surface area contributed by atoms with E-state index in [1.54, 1.807) is 0 Å². The molecule has 1 heterocycles. The largest absolute Gasteiger partial charge is 0.332 e. The van der Waals surface area contributed by atoms with Crippen LogP contribution < -0.4 is 4.90 Å². The molecule has 0 saturated carbocycles. The number of hydrogen-bond acceptors (Lipinski definition) is 2. The van der Waals surface area contributed by atoms with Gasteiger partial charge in [0.2, 0.25) is 0 Å². The van der Waals surface area contributed by atoms with Crippen LogP contribution in [0.3, 0.4) is 0 Å². The minimum atomic E-state index is -1.03. The van der Waals surface area contributed by atoms with E-state index in [0.717, 1.165) is 12.1 Å². The van der Waals surface area contributed by atoms with Gasteiger partial charge >= 0.3 is 11.8 Å². The van der Waals surface area contributed by atoms with E-state index in [1.807, 2.05) is 13.8 Å². The number of anilines is 1. The molecule has 6 heteroatoms. The second kappa shape index (κ2) is 5.56. The zero-order chi connectivity index (χ0) is 14.9. The van der Waals surface area contributed by atoms with Crippen molar-refractivity contribution in [3.8, 4) is 0 Å². The van der Waals surface area contributed by atoms with Crippen LogP contribution in [-0.4, -0.2) is 36.3 Å². The summed E-state index contributed by atoms with van der Waals surface area (Å²) in [4.78, 5) is 26.7. The van der Waals surface area contributed by atoms with Crippen LogP contribution in [0.25, 0.3) is 0 Å². The molecule has 20 heavy (non-hydrogen) atoms. The summed E-state index contributed by atoms with van der Waals surface area (Å²) < 4.78 is 26.1. The Bertz CT molecular complexity index is 546. The predicted molar refractivity (Wildman–Crippen MR) is 70.1 cm³/mol. The lowest BCUT2D eigenvalue weighted by Crippen LogP contribution is -2.55. The van der Waals surface area contributed by atoms with Gasteiger partial charge in [-0.3, -0.25) is 9.59 Å². The quantitative estimate of drug-likeness (QED) is 0.793. The Balaban J connectivity index is 2.18. The smallest absolute Gasteiger partial charge is 0.316 e. The monoisotopic (exact) mass is 282 g/mol. The van der Waals surface area contributed by atoms with Crippen LogP contribution in [0, 0.1) is 17.6 Å². The van der Waals surface area contributed by atoms with Gasteiger partial charge in [0.25, 0.3) is 0 Å². The molecule has 0 N–H and O–H groups in total. The summed E-state index contributed by atoms with van der Waals surface area (Å²) in [7, 11) is 0. The number of nitrogens with zero attached hydrogens (tertiary/aromatic N) is 2. The molecule has 0 spiro atoms. The normalized spacial score (nSPS) is 16.2. The maximum atomic E-state index is 13.2. The van der Waals surface area contributed by atoms with Gasteiger partial charge in [-0.25, -0.2) is 8.78 Å². The molecule has 0 unspecified atom stereocenters. The van der Waals surface area contributed by atoms with Crippen LogP contribution in [0.5, 0.6) is 0 Å². The molecule has 1 fully saturated rings. The van der Waals surface area contributed by atoms with Gasteiger partial charge in [-0.15, -0.1) is 0 Å². The Morgan fingerprint density at radius 3 is 2.40 bits per heavy atom. The van der Waals surface area contributed by atoms with Gasteiger partial charge in [-0.2, -0.15) is 0 Å². The highest BCUT2D eigenvalue weighted by Gasteiger charge is 2.33. The third kappa shape index (κ3) is 2.79. The summed E-state index contributed by atoms with van der Waals surface area (Å²) in [5.41, 5.74) is 0.200. The molecule has 0 bridgehead atoms. The molecule has 1 saturated heterocycles. The van der Waals surface area contributed by atoms with E-state index >= 15 is 0 Å². The first kappa shape index (κ1) is 14.4. The molecule has 4 nitrogen and oxygen atoms in total. The van der Waals surface area contributed by atoms with Gasteiger partial charge in [-0.05, 0) is 18.1 Å². The van der Waals surface area contributed by atoms with E-state index < -0.39 is 23.4 Å². The zero-order valence-corrected chi connectivity index (χ0v) is 11.4. The average Bonchev–Trinajstić information content (AvgIpc) is 2.38. The molecule has 1 aromatic carbocycles. The van der Waals surface area contributed by atoms with Crippen molar-refractivity contribution in [3.05, 3.63) is 29.8 Å². The van der Waals surface area contributed by atoms with E-state index in [-0.39, 0.29) is 18.2 Å². The number of carbonyl (C=O) groups is 2. The number of benzene rings is 1. The first-order valence-electron chi connectivity index (χ1n) is 6.46. The Kier molecular flexibility index (Phi) is 4.01. The standard InChI is InChI=1S/C14H16F2N2O2/c1-9(2)8-17-5-6-18(14(20)13(17)19)10-3-4-11(15)12(16)7-10/h3-4,7,9H,5-6,8H2,1-2H3. The SMILES string of the molecule is CC(C)CN1CCN(c2ccc(F)c(F)c2)C(=O)C1=O. The van der Waals surface area contributed by atoms with Crippen LogP contribution in [0.15, 0.2) is 18.2 Å². The van der Waals surface area contributed by atoms with Gasteiger partial charge in [0.15, 0.2) is 11.6 Å². The highest BCUT2D eigenvalue weighted by Crippen LogP contribution is 2.21. The average molecular weight is 282 g/mol. The Morgan fingerprint density at radius 1 is 1.10 bits per heavy atom. The van der Waals surface area contributed by atoms with Crippen molar-refractivity contribution in [1.82, 2.24) is 4.90 Å². The molecule has 1 aliphatic rings. The fourth-order valence-electron chi connectivity index (χ4n) is 2.19. The summed E-state index contributed by atoms with van der Waals surface area (Å²) in [6.07, 6.45) is 0. The fourth-order valence-corrected chi connectivity index (χ4v) is 2.19. The molecule has 0 atom stereocenters. The van der Waals surface area contributed by atoms with Gasteiger partial charge in [0, 0.05) is 31.4 Å². The highest BCUT2D eigenvalue weighted by atomic mass is 19.2. The highest BCUT2D eigenvalue weighted by molar-refractivity contribution is 6.40. The number of halogens is 2. The number of piperazine rings is 1. The zero-order valence-electron chi connectivity index (χ0n) is 11.4. The van der Waals surface area contributed by atoms with Crippen molar-refractivity contribution in [3.63, 3.8) is 0 Å². The second-order valence-electron chi connectivity index (χ2n) is 5.20. The first-order chi connectivity index (χ1) is 9.40. The minimum Gasteiger partial charge on any atom is -0.332 e. The molecule has 0 aromatic heterocycles. The van der Waals surface area contributed by atoms with Crippen molar-refractivity contribution in [2.45, 2.75) is 13.8 Å². The van der Waals surface area contributed by atoms with Crippen molar-refractivity contribution < 1.29 is 18.4 Å². The van der Waals surface area contributed by atoms with Crippen LogP contribution in [-0.2, 0) is 9.59 Å². The lowest BCUT2D eigenvalue weighted by molar-refractivity contribution is -0.146. The number of amides is 2. The molecule has 2 rings (SSSR count). The van der Waals surface area contributed by atoms with E-state index in [2.05, 4.69) is 0 Å². The number of rotatable bonds is 3. The van der Waals surface area contributed by atoms with Crippen molar-refractivity contribution in [1.29, 1.82) is 0 Å². The van der Waals surface area contributed by atoms with E-state index in [0.29, 0.717) is 13.1 Å². The molecule has 1 aromatic rings. The van der Waals surface area contributed by atoms with Crippen molar-refractivity contribution >= 4 is 17.5 Å². The Labute approximate surface area is 116 Å². The lowest BCUT2D eigenvalue weighted by atomic mass is 10.1. The third-order valence-corrected chi connectivity index (χ3v) is 3.11. The van der Waals surface area contributed by atoms with Crippen LogP contribution in [0.2, 0.25) is 0 Å². The van der Waals surface area contributed by atoms with Gasteiger partial charge in [-0.1, -0.05) is 13.8 Å². The maximum absolute atomic E-state index is 13.2. The third-order valence-electron chi connectivity index (χ3n) is 3.11. The molecule has 0 radical (unpaired) electrons. The number of hydrogen-bond donors (Lipinski definition) is 0. The lowest BCUT2D eigenvalue weighted by Gasteiger charge is -2.34. The molecule has 0 aliphatic carbocycles.